The molecule has 96 valence electrons. The van der Waals surface area contributed by atoms with Crippen molar-refractivity contribution in [1.29, 1.82) is 0 Å². The summed E-state index contributed by atoms with van der Waals surface area (Å²) in [5.41, 5.74) is 1.74. The van der Waals surface area contributed by atoms with Gasteiger partial charge in [-0.1, -0.05) is 18.2 Å². The Kier molecular flexibility index (Phi) is 3.19. The molecule has 0 radical (unpaired) electrons. The normalized spacial score (nSPS) is 12.5. The molecule has 0 spiro atoms. The third-order valence-electron chi connectivity index (χ3n) is 2.98. The summed E-state index contributed by atoms with van der Waals surface area (Å²) in [6.07, 6.45) is 1.08. The Bertz CT molecular complexity index is 672. The number of aromatic nitrogens is 2. The average Bonchev–Trinajstić information content (AvgIpc) is 3.07. The second-order valence-corrected chi connectivity index (χ2v) is 5.67. The largest absolute Gasteiger partial charge is 0.381 e. The lowest BCUT2D eigenvalue weighted by Crippen LogP contribution is -2.07. The molecule has 0 amide bonds. The first-order valence-electron chi connectivity index (χ1n) is 6.09. The van der Waals surface area contributed by atoms with Crippen LogP contribution in [0.15, 0.2) is 54.7 Å². The third-order valence-corrected chi connectivity index (χ3v) is 4.04. The van der Waals surface area contributed by atoms with Crippen LogP contribution in [0.1, 0.15) is 21.6 Å². The minimum Gasteiger partial charge on any atom is -0.381 e. The molecule has 0 saturated heterocycles. The quantitative estimate of drug-likeness (QED) is 0.792. The molecule has 0 aliphatic carbocycles. The highest BCUT2D eigenvalue weighted by Gasteiger charge is 2.17. The van der Waals surface area contributed by atoms with Crippen molar-refractivity contribution in [3.8, 4) is 5.69 Å². The van der Waals surface area contributed by atoms with Crippen LogP contribution < -0.4 is 0 Å². The van der Waals surface area contributed by atoms with E-state index in [1.807, 2.05) is 55.5 Å². The summed E-state index contributed by atoms with van der Waals surface area (Å²) in [7, 11) is 0. The molecule has 0 aliphatic heterocycles. The molecule has 4 heteroatoms. The van der Waals surface area contributed by atoms with Crippen molar-refractivity contribution < 1.29 is 5.11 Å². The monoisotopic (exact) mass is 270 g/mol. The predicted molar refractivity (Wildman–Crippen MR) is 76.7 cm³/mol. The van der Waals surface area contributed by atoms with E-state index in [0.29, 0.717) is 0 Å². The van der Waals surface area contributed by atoms with Gasteiger partial charge in [-0.05, 0) is 37.3 Å². The molecular weight excluding hydrogens is 256 g/mol. The van der Waals surface area contributed by atoms with Crippen molar-refractivity contribution in [2.75, 3.05) is 0 Å². The number of thiophene rings is 1. The number of benzene rings is 1. The first-order valence-corrected chi connectivity index (χ1v) is 6.91. The fourth-order valence-electron chi connectivity index (χ4n) is 2.05. The fraction of sp³-hybridized carbons (Fsp3) is 0.133. The van der Waals surface area contributed by atoms with Crippen LogP contribution in [-0.4, -0.2) is 14.9 Å². The van der Waals surface area contributed by atoms with E-state index in [4.69, 9.17) is 0 Å². The second kappa shape index (κ2) is 4.99. The topological polar surface area (TPSA) is 38.1 Å². The van der Waals surface area contributed by atoms with Crippen LogP contribution in [0.3, 0.4) is 0 Å². The number of aryl methyl sites for hydroxylation is 1. The zero-order valence-corrected chi connectivity index (χ0v) is 11.3. The van der Waals surface area contributed by atoms with Crippen LogP contribution in [0.4, 0.5) is 0 Å². The van der Waals surface area contributed by atoms with Gasteiger partial charge in [-0.2, -0.15) is 5.10 Å². The molecule has 1 unspecified atom stereocenters. The van der Waals surface area contributed by atoms with Crippen LogP contribution in [0, 0.1) is 6.92 Å². The molecular formula is C15H14N2OS. The Morgan fingerprint density at radius 2 is 1.89 bits per heavy atom. The lowest BCUT2D eigenvalue weighted by atomic mass is 10.2. The summed E-state index contributed by atoms with van der Waals surface area (Å²) in [5.74, 6) is 0. The molecule has 0 fully saturated rings. The highest BCUT2D eigenvalue weighted by molar-refractivity contribution is 7.12. The van der Waals surface area contributed by atoms with Crippen LogP contribution in [-0.2, 0) is 0 Å². The minimum atomic E-state index is -0.638. The molecule has 0 saturated carbocycles. The second-order valence-electron chi connectivity index (χ2n) is 4.35. The van der Waals surface area contributed by atoms with Gasteiger partial charge in [-0.3, -0.25) is 0 Å². The summed E-state index contributed by atoms with van der Waals surface area (Å²) in [6, 6.07) is 15.7. The molecule has 3 rings (SSSR count). The van der Waals surface area contributed by atoms with E-state index in [0.717, 1.165) is 16.3 Å². The molecule has 2 heterocycles. The molecule has 1 N–H and O–H groups in total. The zero-order valence-electron chi connectivity index (χ0n) is 10.5. The Morgan fingerprint density at radius 1 is 1.11 bits per heavy atom. The van der Waals surface area contributed by atoms with Crippen molar-refractivity contribution >= 4 is 11.3 Å². The standard InChI is InChI=1S/C15H14N2OS/c1-11-7-8-14(19-11)15(18)13-9-10-16-17(13)12-5-3-2-4-6-12/h2-10,15,18H,1H3. The summed E-state index contributed by atoms with van der Waals surface area (Å²) >= 11 is 1.61. The van der Waals surface area contributed by atoms with Crippen molar-refractivity contribution in [3.05, 3.63) is 70.2 Å². The number of nitrogens with zero attached hydrogens (tertiary/aromatic N) is 2. The van der Waals surface area contributed by atoms with Gasteiger partial charge >= 0.3 is 0 Å². The predicted octanol–water partition coefficient (Wildman–Crippen LogP) is 3.32. The molecule has 0 bridgehead atoms. The summed E-state index contributed by atoms with van der Waals surface area (Å²) in [4.78, 5) is 2.13. The molecule has 19 heavy (non-hydrogen) atoms. The van der Waals surface area contributed by atoms with Gasteiger partial charge in [0.1, 0.15) is 6.10 Å². The van der Waals surface area contributed by atoms with Crippen molar-refractivity contribution in [2.24, 2.45) is 0 Å². The smallest absolute Gasteiger partial charge is 0.130 e. The van der Waals surface area contributed by atoms with E-state index in [1.54, 1.807) is 22.2 Å². The van der Waals surface area contributed by atoms with Crippen LogP contribution in [0.25, 0.3) is 5.69 Å². The van der Waals surface area contributed by atoms with Gasteiger partial charge in [0.15, 0.2) is 0 Å². The van der Waals surface area contributed by atoms with Crippen molar-refractivity contribution in [1.82, 2.24) is 9.78 Å². The van der Waals surface area contributed by atoms with E-state index in [2.05, 4.69) is 5.10 Å². The van der Waals surface area contributed by atoms with Crippen LogP contribution >= 0.6 is 11.3 Å². The molecule has 3 aromatic rings. The number of rotatable bonds is 3. The summed E-state index contributed by atoms with van der Waals surface area (Å²) in [5, 5.41) is 14.8. The van der Waals surface area contributed by atoms with Crippen LogP contribution in [0.5, 0.6) is 0 Å². The SMILES string of the molecule is Cc1ccc(C(O)c2ccnn2-c2ccccc2)s1. The maximum Gasteiger partial charge on any atom is 0.130 e. The zero-order chi connectivity index (χ0) is 13.2. The summed E-state index contributed by atoms with van der Waals surface area (Å²) < 4.78 is 1.78. The van der Waals surface area contributed by atoms with Crippen LogP contribution in [0.2, 0.25) is 0 Å². The van der Waals surface area contributed by atoms with Gasteiger partial charge in [-0.25, -0.2) is 4.68 Å². The molecule has 1 aromatic carbocycles. The van der Waals surface area contributed by atoms with Gasteiger partial charge in [0.2, 0.25) is 0 Å². The number of hydrogen-bond acceptors (Lipinski definition) is 3. The number of para-hydroxylation sites is 1. The highest BCUT2D eigenvalue weighted by atomic mass is 32.1. The van der Waals surface area contributed by atoms with Gasteiger partial charge in [0.05, 0.1) is 11.4 Å². The average molecular weight is 270 g/mol. The Labute approximate surface area is 115 Å². The van der Waals surface area contributed by atoms with E-state index in [1.165, 1.54) is 4.88 Å². The maximum absolute atomic E-state index is 10.5. The number of aliphatic hydroxyl groups is 1. The van der Waals surface area contributed by atoms with Gasteiger partial charge < -0.3 is 5.11 Å². The molecule has 3 nitrogen and oxygen atoms in total. The number of hydrogen-bond donors (Lipinski definition) is 1. The first kappa shape index (κ1) is 12.1. The molecule has 1 atom stereocenters. The third kappa shape index (κ3) is 2.32. The summed E-state index contributed by atoms with van der Waals surface area (Å²) in [6.45, 7) is 2.04. The Morgan fingerprint density at radius 3 is 2.58 bits per heavy atom. The maximum atomic E-state index is 10.5. The first-order chi connectivity index (χ1) is 9.25. The van der Waals surface area contributed by atoms with E-state index < -0.39 is 6.10 Å². The van der Waals surface area contributed by atoms with Crippen molar-refractivity contribution in [2.45, 2.75) is 13.0 Å². The lowest BCUT2D eigenvalue weighted by Gasteiger charge is -2.12. The Hall–Kier alpha value is -1.91. The van der Waals surface area contributed by atoms with E-state index in [-0.39, 0.29) is 0 Å². The van der Waals surface area contributed by atoms with Gasteiger partial charge in [0, 0.05) is 16.0 Å². The molecule has 2 aromatic heterocycles. The Balaban J connectivity index is 2.01. The fourth-order valence-corrected chi connectivity index (χ4v) is 2.93. The van der Waals surface area contributed by atoms with E-state index in [9.17, 15) is 5.11 Å². The number of aliphatic hydroxyl groups excluding tert-OH is 1. The van der Waals surface area contributed by atoms with Crippen molar-refractivity contribution in [3.63, 3.8) is 0 Å². The highest BCUT2D eigenvalue weighted by Crippen LogP contribution is 2.29. The van der Waals surface area contributed by atoms with Gasteiger partial charge in [-0.15, -0.1) is 11.3 Å². The molecule has 0 aliphatic rings. The van der Waals surface area contributed by atoms with Gasteiger partial charge in [0.25, 0.3) is 0 Å². The van der Waals surface area contributed by atoms with E-state index >= 15 is 0 Å². The lowest BCUT2D eigenvalue weighted by molar-refractivity contribution is 0.216. The minimum absolute atomic E-state index is 0.638.